The molecule has 0 atom stereocenters. The van der Waals surface area contributed by atoms with Gasteiger partial charge in [-0.05, 0) is 55.5 Å². The van der Waals surface area contributed by atoms with Gasteiger partial charge < -0.3 is 10.1 Å². The Bertz CT molecular complexity index is 1170. The van der Waals surface area contributed by atoms with Gasteiger partial charge in [-0.25, -0.2) is 12.8 Å². The van der Waals surface area contributed by atoms with Crippen LogP contribution in [0.1, 0.15) is 5.56 Å². The van der Waals surface area contributed by atoms with Crippen LogP contribution < -0.4 is 14.4 Å². The summed E-state index contributed by atoms with van der Waals surface area (Å²) >= 11 is 6.02. The minimum atomic E-state index is -4.06. The minimum Gasteiger partial charge on any atom is -0.490 e. The molecule has 0 spiro atoms. The van der Waals surface area contributed by atoms with Gasteiger partial charge in [-0.3, -0.25) is 9.10 Å². The highest BCUT2D eigenvalue weighted by molar-refractivity contribution is 7.92. The van der Waals surface area contributed by atoms with Crippen LogP contribution >= 0.6 is 11.6 Å². The molecule has 0 aliphatic heterocycles. The highest BCUT2D eigenvalue weighted by Gasteiger charge is 2.27. The van der Waals surface area contributed by atoms with Crippen LogP contribution in [0.5, 0.6) is 5.75 Å². The van der Waals surface area contributed by atoms with E-state index in [1.165, 1.54) is 24.3 Å². The van der Waals surface area contributed by atoms with Crippen molar-refractivity contribution in [2.24, 2.45) is 0 Å². The molecule has 0 aromatic heterocycles. The molecular formula is C23H22ClFN2O4S. The smallest absolute Gasteiger partial charge is 0.264 e. The summed E-state index contributed by atoms with van der Waals surface area (Å²) in [6, 6.07) is 18.1. The zero-order valence-corrected chi connectivity index (χ0v) is 18.9. The number of carbonyl (C=O) groups is 1. The van der Waals surface area contributed by atoms with E-state index in [9.17, 15) is 17.6 Å². The third-order valence-electron chi connectivity index (χ3n) is 4.53. The number of amides is 1. The molecule has 0 bridgehead atoms. The number of rotatable bonds is 9. The van der Waals surface area contributed by atoms with Crippen molar-refractivity contribution in [3.63, 3.8) is 0 Å². The number of nitrogens with zero attached hydrogens (tertiary/aromatic N) is 1. The quantitative estimate of drug-likeness (QED) is 0.470. The fourth-order valence-electron chi connectivity index (χ4n) is 2.86. The molecular weight excluding hydrogens is 455 g/mol. The van der Waals surface area contributed by atoms with Crippen molar-refractivity contribution in [3.8, 4) is 5.75 Å². The normalized spacial score (nSPS) is 11.1. The van der Waals surface area contributed by atoms with E-state index in [0.717, 1.165) is 22.0 Å². The van der Waals surface area contributed by atoms with Crippen molar-refractivity contribution in [1.82, 2.24) is 5.32 Å². The SMILES string of the molecule is Cc1ccc(S(=O)(=O)N(CC(=O)NCCOc2ccccc2Cl)c2ccc(F)cc2)cc1. The van der Waals surface area contributed by atoms with Gasteiger partial charge in [-0.15, -0.1) is 0 Å². The molecule has 0 fully saturated rings. The summed E-state index contributed by atoms with van der Waals surface area (Å²) in [5, 5.41) is 3.08. The topological polar surface area (TPSA) is 75.7 Å². The van der Waals surface area contributed by atoms with Crippen molar-refractivity contribution in [2.45, 2.75) is 11.8 Å². The summed E-state index contributed by atoms with van der Waals surface area (Å²) in [6.07, 6.45) is 0. The predicted molar refractivity (Wildman–Crippen MR) is 122 cm³/mol. The highest BCUT2D eigenvalue weighted by atomic mass is 35.5. The lowest BCUT2D eigenvalue weighted by atomic mass is 10.2. The number of benzene rings is 3. The zero-order valence-electron chi connectivity index (χ0n) is 17.3. The van der Waals surface area contributed by atoms with E-state index in [4.69, 9.17) is 16.3 Å². The van der Waals surface area contributed by atoms with Crippen molar-refractivity contribution < 1.29 is 22.3 Å². The third kappa shape index (κ3) is 5.99. The molecule has 3 aromatic rings. The molecule has 9 heteroatoms. The number of anilines is 1. The first-order valence-corrected chi connectivity index (χ1v) is 11.6. The molecule has 32 heavy (non-hydrogen) atoms. The van der Waals surface area contributed by atoms with Gasteiger partial charge in [-0.2, -0.15) is 0 Å². The summed E-state index contributed by atoms with van der Waals surface area (Å²) in [6.45, 7) is 1.66. The van der Waals surface area contributed by atoms with E-state index in [1.54, 1.807) is 36.4 Å². The Labute approximate surface area is 191 Å². The summed E-state index contributed by atoms with van der Waals surface area (Å²) in [7, 11) is -4.06. The average Bonchev–Trinajstić information content (AvgIpc) is 2.77. The van der Waals surface area contributed by atoms with Crippen molar-refractivity contribution in [3.05, 3.63) is 89.2 Å². The lowest BCUT2D eigenvalue weighted by Crippen LogP contribution is -2.41. The second kappa shape index (κ2) is 10.5. The number of sulfonamides is 1. The van der Waals surface area contributed by atoms with Crippen molar-refractivity contribution >= 4 is 33.2 Å². The van der Waals surface area contributed by atoms with E-state index in [0.29, 0.717) is 10.8 Å². The fraction of sp³-hybridized carbons (Fsp3) is 0.174. The van der Waals surface area contributed by atoms with Gasteiger partial charge in [0.2, 0.25) is 5.91 Å². The second-order valence-electron chi connectivity index (χ2n) is 6.93. The predicted octanol–water partition coefficient (Wildman–Crippen LogP) is 4.18. The first-order valence-electron chi connectivity index (χ1n) is 9.76. The number of ether oxygens (including phenoxy) is 1. The minimum absolute atomic E-state index is 0.0299. The zero-order chi connectivity index (χ0) is 23.1. The van der Waals surface area contributed by atoms with Gasteiger partial charge in [0, 0.05) is 0 Å². The third-order valence-corrected chi connectivity index (χ3v) is 6.63. The van der Waals surface area contributed by atoms with E-state index in [2.05, 4.69) is 5.32 Å². The van der Waals surface area contributed by atoms with Gasteiger partial charge in [0.1, 0.15) is 24.7 Å². The molecule has 0 unspecified atom stereocenters. The summed E-state index contributed by atoms with van der Waals surface area (Å²) < 4.78 is 46.3. The van der Waals surface area contributed by atoms with Gasteiger partial charge in [0.25, 0.3) is 10.0 Å². The molecule has 1 N–H and O–H groups in total. The molecule has 3 rings (SSSR count). The maximum atomic E-state index is 13.4. The standard InChI is InChI=1S/C23H22ClFN2O4S/c1-17-6-12-20(13-7-17)32(29,30)27(19-10-8-18(25)9-11-19)16-23(28)26-14-15-31-22-5-3-2-4-21(22)24/h2-13H,14-16H2,1H3,(H,26,28). The van der Waals surface area contributed by atoms with Crippen LogP contribution in [0, 0.1) is 12.7 Å². The van der Waals surface area contributed by atoms with E-state index >= 15 is 0 Å². The lowest BCUT2D eigenvalue weighted by molar-refractivity contribution is -0.119. The fourth-order valence-corrected chi connectivity index (χ4v) is 4.47. The first-order chi connectivity index (χ1) is 15.3. The van der Waals surface area contributed by atoms with Crippen LogP contribution in [0.2, 0.25) is 5.02 Å². The molecule has 0 heterocycles. The molecule has 1 amide bonds. The molecule has 3 aromatic carbocycles. The number of carbonyl (C=O) groups excluding carboxylic acids is 1. The lowest BCUT2D eigenvalue weighted by Gasteiger charge is -2.24. The Morgan fingerprint density at radius 2 is 1.69 bits per heavy atom. The Kier molecular flexibility index (Phi) is 7.71. The van der Waals surface area contributed by atoms with Gasteiger partial charge in [-0.1, -0.05) is 41.4 Å². The monoisotopic (exact) mass is 476 g/mol. The number of halogens is 2. The average molecular weight is 477 g/mol. The maximum Gasteiger partial charge on any atom is 0.264 e. The summed E-state index contributed by atoms with van der Waals surface area (Å²) in [5.41, 5.74) is 1.07. The Balaban J connectivity index is 1.71. The highest BCUT2D eigenvalue weighted by Crippen LogP contribution is 2.24. The largest absolute Gasteiger partial charge is 0.490 e. The van der Waals surface area contributed by atoms with Crippen molar-refractivity contribution in [2.75, 3.05) is 24.0 Å². The van der Waals surface area contributed by atoms with Crippen LogP contribution in [0.4, 0.5) is 10.1 Å². The number of para-hydroxylation sites is 1. The molecule has 6 nitrogen and oxygen atoms in total. The molecule has 0 aliphatic carbocycles. The number of hydrogen-bond acceptors (Lipinski definition) is 4. The van der Waals surface area contributed by atoms with Gasteiger partial charge in [0.15, 0.2) is 0 Å². The Morgan fingerprint density at radius 1 is 1.03 bits per heavy atom. The van der Waals surface area contributed by atoms with E-state index < -0.39 is 28.3 Å². The van der Waals surface area contributed by atoms with Gasteiger partial charge in [0.05, 0.1) is 22.2 Å². The van der Waals surface area contributed by atoms with Gasteiger partial charge >= 0.3 is 0 Å². The summed E-state index contributed by atoms with van der Waals surface area (Å²) in [4.78, 5) is 12.6. The Morgan fingerprint density at radius 3 is 2.34 bits per heavy atom. The van der Waals surface area contributed by atoms with Crippen molar-refractivity contribution in [1.29, 1.82) is 0 Å². The molecule has 0 aliphatic rings. The molecule has 0 saturated carbocycles. The molecule has 168 valence electrons. The second-order valence-corrected chi connectivity index (χ2v) is 9.20. The maximum absolute atomic E-state index is 13.4. The number of aryl methyl sites for hydroxylation is 1. The van der Waals surface area contributed by atoms with E-state index in [-0.39, 0.29) is 23.7 Å². The number of hydrogen-bond donors (Lipinski definition) is 1. The number of nitrogens with one attached hydrogen (secondary N) is 1. The van der Waals surface area contributed by atoms with Crippen LogP contribution in [0.25, 0.3) is 0 Å². The molecule has 0 saturated heterocycles. The van der Waals surface area contributed by atoms with Crippen LogP contribution in [-0.2, 0) is 14.8 Å². The first kappa shape index (κ1) is 23.6. The van der Waals surface area contributed by atoms with Crippen LogP contribution in [0.15, 0.2) is 77.7 Å². The van der Waals surface area contributed by atoms with Crippen LogP contribution in [0.3, 0.4) is 0 Å². The summed E-state index contributed by atoms with van der Waals surface area (Å²) in [5.74, 6) is -0.561. The Hall–Kier alpha value is -3.10. The van der Waals surface area contributed by atoms with E-state index in [1.807, 2.05) is 6.92 Å². The van der Waals surface area contributed by atoms with Crippen LogP contribution in [-0.4, -0.2) is 34.0 Å². The molecule has 0 radical (unpaired) electrons.